The average Bonchev–Trinajstić information content (AvgIpc) is 2.81. The van der Waals surface area contributed by atoms with Gasteiger partial charge < -0.3 is 10.2 Å². The molecule has 0 spiro atoms. The summed E-state index contributed by atoms with van der Waals surface area (Å²) in [7, 11) is -4.04. The lowest BCUT2D eigenvalue weighted by Gasteiger charge is -2.24. The van der Waals surface area contributed by atoms with Crippen LogP contribution in [0.2, 0.25) is 5.15 Å². The summed E-state index contributed by atoms with van der Waals surface area (Å²) in [5, 5.41) is 7.31. The van der Waals surface area contributed by atoms with Gasteiger partial charge in [0.1, 0.15) is 11.0 Å². The number of sulfonamides is 1. The van der Waals surface area contributed by atoms with Crippen LogP contribution in [-0.4, -0.2) is 43.3 Å². The first-order valence-electron chi connectivity index (χ1n) is 8.65. The molecule has 12 heteroatoms. The Morgan fingerprint density at radius 1 is 1.24 bits per heavy atom. The van der Waals surface area contributed by atoms with Crippen molar-refractivity contribution >= 4 is 39.0 Å². The first kappa shape index (κ1) is 21.3. The number of amides is 1. The zero-order valence-electron chi connectivity index (χ0n) is 15.1. The van der Waals surface area contributed by atoms with E-state index in [1.54, 1.807) is 4.90 Å². The predicted octanol–water partition coefficient (Wildman–Crippen LogP) is 2.66. The molecule has 0 radical (unpaired) electrons. The number of carbonyl (C=O) groups excluding carboxylic acids is 1. The van der Waals surface area contributed by atoms with E-state index in [2.05, 4.69) is 15.3 Å². The van der Waals surface area contributed by atoms with E-state index in [0.29, 0.717) is 6.54 Å². The van der Waals surface area contributed by atoms with Crippen molar-refractivity contribution in [3.63, 3.8) is 0 Å². The molecule has 1 fully saturated rings. The Morgan fingerprint density at radius 3 is 2.72 bits per heavy atom. The number of halogens is 3. The largest absolute Gasteiger partial charge is 0.356 e. The number of rotatable bonds is 4. The molecule has 1 aliphatic heterocycles. The van der Waals surface area contributed by atoms with Crippen molar-refractivity contribution in [3.8, 4) is 0 Å². The van der Waals surface area contributed by atoms with Crippen LogP contribution in [-0.2, 0) is 10.0 Å². The normalized spacial score (nSPS) is 16.9. The standard InChI is InChI=1S/C17H18ClF2N5O3S/c18-13-3-2-12(15(24-13)25-8-1-5-17(19,20)6-9-25)16(26)23-11-4-7-22-14(10-11)29(21,27)28/h2-4,7,10H,1,5-6,8-9H2,(H2,21,27,28)(H,22,23,26). The highest BCUT2D eigenvalue weighted by molar-refractivity contribution is 7.89. The minimum atomic E-state index is -4.04. The van der Waals surface area contributed by atoms with Gasteiger partial charge in [0.05, 0.1) is 5.56 Å². The molecule has 0 saturated carbocycles. The van der Waals surface area contributed by atoms with Crippen LogP contribution in [0, 0.1) is 0 Å². The van der Waals surface area contributed by atoms with Crippen LogP contribution in [0.25, 0.3) is 0 Å². The highest BCUT2D eigenvalue weighted by atomic mass is 35.5. The van der Waals surface area contributed by atoms with Crippen molar-refractivity contribution < 1.29 is 22.0 Å². The Kier molecular flexibility index (Phi) is 6.01. The Balaban J connectivity index is 1.88. The molecule has 1 aliphatic rings. The van der Waals surface area contributed by atoms with E-state index in [9.17, 15) is 22.0 Å². The van der Waals surface area contributed by atoms with Crippen molar-refractivity contribution in [2.24, 2.45) is 5.14 Å². The molecule has 0 unspecified atom stereocenters. The molecule has 1 amide bonds. The second-order valence-electron chi connectivity index (χ2n) is 6.58. The maximum absolute atomic E-state index is 13.7. The van der Waals surface area contributed by atoms with Crippen molar-refractivity contribution in [2.45, 2.75) is 30.2 Å². The molecule has 156 valence electrons. The number of pyridine rings is 2. The summed E-state index contributed by atoms with van der Waals surface area (Å²) in [6.07, 6.45) is 0.834. The SMILES string of the molecule is NS(=O)(=O)c1cc(NC(=O)c2ccc(Cl)nc2N2CCCC(F)(F)CC2)ccn1. The van der Waals surface area contributed by atoms with E-state index in [1.165, 1.54) is 24.4 Å². The zero-order chi connectivity index (χ0) is 21.2. The van der Waals surface area contributed by atoms with Gasteiger partial charge in [0, 0.05) is 43.9 Å². The van der Waals surface area contributed by atoms with Gasteiger partial charge in [-0.25, -0.2) is 32.3 Å². The van der Waals surface area contributed by atoms with Crippen LogP contribution >= 0.6 is 11.6 Å². The van der Waals surface area contributed by atoms with Crippen LogP contribution in [0.15, 0.2) is 35.5 Å². The molecule has 0 atom stereocenters. The second kappa shape index (κ2) is 8.17. The van der Waals surface area contributed by atoms with E-state index in [4.69, 9.17) is 16.7 Å². The van der Waals surface area contributed by atoms with E-state index in [1.807, 2.05) is 0 Å². The fourth-order valence-electron chi connectivity index (χ4n) is 2.96. The third-order valence-corrected chi connectivity index (χ3v) is 5.40. The molecule has 0 aromatic carbocycles. The molecule has 3 N–H and O–H groups in total. The summed E-state index contributed by atoms with van der Waals surface area (Å²) in [5.74, 6) is -3.18. The summed E-state index contributed by atoms with van der Waals surface area (Å²) < 4.78 is 50.3. The lowest BCUT2D eigenvalue weighted by Crippen LogP contribution is -2.29. The Morgan fingerprint density at radius 2 is 2.00 bits per heavy atom. The third kappa shape index (κ3) is 5.37. The summed E-state index contributed by atoms with van der Waals surface area (Å²) in [4.78, 5) is 22.2. The van der Waals surface area contributed by atoms with Gasteiger partial charge in [0.15, 0.2) is 5.03 Å². The fourth-order valence-corrected chi connectivity index (χ4v) is 3.60. The smallest absolute Gasteiger partial charge is 0.259 e. The summed E-state index contributed by atoms with van der Waals surface area (Å²) >= 11 is 5.96. The number of nitrogens with two attached hydrogens (primary N) is 1. The quantitative estimate of drug-likeness (QED) is 0.698. The molecule has 8 nitrogen and oxygen atoms in total. The minimum absolute atomic E-state index is 0.0193. The van der Waals surface area contributed by atoms with Gasteiger partial charge in [0.2, 0.25) is 5.92 Å². The monoisotopic (exact) mass is 445 g/mol. The number of carbonyl (C=O) groups is 1. The number of alkyl halides is 2. The van der Waals surface area contributed by atoms with Crippen molar-refractivity contribution in [1.29, 1.82) is 0 Å². The van der Waals surface area contributed by atoms with Gasteiger partial charge in [-0.2, -0.15) is 0 Å². The number of anilines is 2. The van der Waals surface area contributed by atoms with Gasteiger partial charge in [-0.15, -0.1) is 0 Å². The first-order chi connectivity index (χ1) is 13.5. The maximum Gasteiger partial charge on any atom is 0.259 e. The lowest BCUT2D eigenvalue weighted by atomic mass is 10.1. The molecule has 1 saturated heterocycles. The first-order valence-corrected chi connectivity index (χ1v) is 10.6. The highest BCUT2D eigenvalue weighted by Gasteiger charge is 2.33. The van der Waals surface area contributed by atoms with Crippen LogP contribution in [0.4, 0.5) is 20.3 Å². The molecular weight excluding hydrogens is 428 g/mol. The van der Waals surface area contributed by atoms with Gasteiger partial charge >= 0.3 is 0 Å². The second-order valence-corrected chi connectivity index (χ2v) is 8.48. The lowest BCUT2D eigenvalue weighted by molar-refractivity contribution is -0.0102. The summed E-state index contributed by atoms with van der Waals surface area (Å²) in [5.41, 5.74) is 0.269. The fraction of sp³-hybridized carbons (Fsp3) is 0.353. The van der Waals surface area contributed by atoms with Gasteiger partial charge in [-0.3, -0.25) is 4.79 Å². The molecule has 2 aromatic rings. The van der Waals surface area contributed by atoms with Crippen molar-refractivity contribution in [1.82, 2.24) is 9.97 Å². The van der Waals surface area contributed by atoms with Crippen LogP contribution in [0.3, 0.4) is 0 Å². The van der Waals surface area contributed by atoms with Crippen molar-refractivity contribution in [2.75, 3.05) is 23.3 Å². The number of hydrogen-bond acceptors (Lipinski definition) is 6. The number of hydrogen-bond donors (Lipinski definition) is 2. The van der Waals surface area contributed by atoms with Crippen LogP contribution in [0.1, 0.15) is 29.6 Å². The molecule has 2 aromatic heterocycles. The Bertz CT molecular complexity index is 1040. The van der Waals surface area contributed by atoms with E-state index >= 15 is 0 Å². The van der Waals surface area contributed by atoms with Gasteiger partial charge in [0.25, 0.3) is 15.9 Å². The molecule has 3 heterocycles. The van der Waals surface area contributed by atoms with Gasteiger partial charge in [-0.05, 0) is 24.6 Å². The zero-order valence-corrected chi connectivity index (χ0v) is 16.7. The van der Waals surface area contributed by atoms with E-state index < -0.39 is 26.9 Å². The minimum Gasteiger partial charge on any atom is -0.356 e. The molecule has 3 rings (SSSR count). The average molecular weight is 446 g/mol. The molecular formula is C17H18ClF2N5O3S. The van der Waals surface area contributed by atoms with Crippen LogP contribution < -0.4 is 15.4 Å². The van der Waals surface area contributed by atoms with E-state index in [0.717, 1.165) is 6.07 Å². The van der Waals surface area contributed by atoms with E-state index in [-0.39, 0.29) is 48.0 Å². The molecule has 0 aliphatic carbocycles. The summed E-state index contributed by atoms with van der Waals surface area (Å²) in [6.45, 7) is 0.319. The topological polar surface area (TPSA) is 118 Å². The Labute approximate surface area is 171 Å². The molecule has 29 heavy (non-hydrogen) atoms. The predicted molar refractivity (Wildman–Crippen MR) is 104 cm³/mol. The number of nitrogens with one attached hydrogen (secondary N) is 1. The van der Waals surface area contributed by atoms with Crippen molar-refractivity contribution in [3.05, 3.63) is 41.2 Å². The maximum atomic E-state index is 13.7. The Hall–Kier alpha value is -2.37. The number of primary sulfonamides is 1. The van der Waals surface area contributed by atoms with Gasteiger partial charge in [-0.1, -0.05) is 11.6 Å². The molecule has 0 bridgehead atoms. The van der Waals surface area contributed by atoms with Crippen LogP contribution in [0.5, 0.6) is 0 Å². The third-order valence-electron chi connectivity index (χ3n) is 4.39. The number of nitrogens with zero attached hydrogens (tertiary/aromatic N) is 3. The number of aromatic nitrogens is 2. The summed E-state index contributed by atoms with van der Waals surface area (Å²) in [6, 6.07) is 5.35. The highest BCUT2D eigenvalue weighted by Crippen LogP contribution is 2.31.